The Balaban J connectivity index is 2.68. The highest BCUT2D eigenvalue weighted by atomic mass is 16.6. The molecule has 0 spiro atoms. The SMILES string of the molecule is C/C=C\C(C)Cc1ccc([N+](=O)[O-])cc1. The van der Waals surface area contributed by atoms with E-state index in [1.54, 1.807) is 12.1 Å². The van der Waals surface area contributed by atoms with Crippen LogP contribution in [0.3, 0.4) is 0 Å². The van der Waals surface area contributed by atoms with E-state index in [0.717, 1.165) is 12.0 Å². The van der Waals surface area contributed by atoms with Crippen LogP contribution in [0.5, 0.6) is 0 Å². The van der Waals surface area contributed by atoms with Crippen molar-refractivity contribution in [2.45, 2.75) is 20.3 Å². The van der Waals surface area contributed by atoms with Gasteiger partial charge in [-0.05, 0) is 24.8 Å². The molecule has 0 bridgehead atoms. The van der Waals surface area contributed by atoms with Crippen molar-refractivity contribution in [3.8, 4) is 0 Å². The van der Waals surface area contributed by atoms with E-state index in [1.165, 1.54) is 0 Å². The lowest BCUT2D eigenvalue weighted by Gasteiger charge is -2.05. The van der Waals surface area contributed by atoms with Crippen LogP contribution in [0, 0.1) is 16.0 Å². The lowest BCUT2D eigenvalue weighted by atomic mass is 10.0. The fraction of sp³-hybridized carbons (Fsp3) is 0.333. The average molecular weight is 205 g/mol. The smallest absolute Gasteiger partial charge is 0.258 e. The normalized spacial score (nSPS) is 12.9. The molecule has 0 heterocycles. The minimum atomic E-state index is -0.376. The molecule has 0 aliphatic heterocycles. The van der Waals surface area contributed by atoms with E-state index in [2.05, 4.69) is 13.0 Å². The second-order valence-electron chi connectivity index (χ2n) is 3.63. The maximum absolute atomic E-state index is 10.4. The molecular formula is C12H15NO2. The Bertz CT molecular complexity index is 354. The highest BCUT2D eigenvalue weighted by Gasteiger charge is 2.05. The van der Waals surface area contributed by atoms with Crippen molar-refractivity contribution in [1.29, 1.82) is 0 Å². The van der Waals surface area contributed by atoms with Gasteiger partial charge in [-0.2, -0.15) is 0 Å². The van der Waals surface area contributed by atoms with Gasteiger partial charge in [0.1, 0.15) is 0 Å². The lowest BCUT2D eigenvalue weighted by Crippen LogP contribution is -1.96. The van der Waals surface area contributed by atoms with Crippen LogP contribution in [0.1, 0.15) is 19.4 Å². The molecule has 1 atom stereocenters. The number of nitro benzene ring substituents is 1. The zero-order valence-corrected chi connectivity index (χ0v) is 9.01. The van der Waals surface area contributed by atoms with Crippen LogP contribution >= 0.6 is 0 Å². The Hall–Kier alpha value is -1.64. The molecule has 0 saturated carbocycles. The second-order valence-corrected chi connectivity index (χ2v) is 3.63. The van der Waals surface area contributed by atoms with Gasteiger partial charge in [0.2, 0.25) is 0 Å². The van der Waals surface area contributed by atoms with E-state index in [0.29, 0.717) is 5.92 Å². The Morgan fingerprint density at radius 1 is 1.40 bits per heavy atom. The van der Waals surface area contributed by atoms with Crippen LogP contribution in [-0.4, -0.2) is 4.92 Å². The Labute approximate surface area is 89.6 Å². The molecule has 3 nitrogen and oxygen atoms in total. The predicted molar refractivity (Wildman–Crippen MR) is 60.8 cm³/mol. The average Bonchev–Trinajstić information content (AvgIpc) is 2.18. The zero-order chi connectivity index (χ0) is 11.3. The van der Waals surface area contributed by atoms with Gasteiger partial charge in [-0.1, -0.05) is 31.2 Å². The molecule has 3 heteroatoms. The monoisotopic (exact) mass is 205 g/mol. The van der Waals surface area contributed by atoms with Gasteiger partial charge in [-0.15, -0.1) is 0 Å². The Kier molecular flexibility index (Phi) is 4.03. The van der Waals surface area contributed by atoms with Gasteiger partial charge in [0.05, 0.1) is 4.92 Å². The summed E-state index contributed by atoms with van der Waals surface area (Å²) in [6, 6.07) is 6.74. The number of hydrogen-bond acceptors (Lipinski definition) is 2. The Morgan fingerprint density at radius 3 is 2.47 bits per heavy atom. The third-order valence-corrected chi connectivity index (χ3v) is 2.23. The molecule has 0 aliphatic rings. The van der Waals surface area contributed by atoms with Crippen molar-refractivity contribution < 1.29 is 4.92 Å². The minimum absolute atomic E-state index is 0.150. The minimum Gasteiger partial charge on any atom is -0.258 e. The van der Waals surface area contributed by atoms with Gasteiger partial charge in [-0.3, -0.25) is 10.1 Å². The second kappa shape index (κ2) is 5.29. The summed E-state index contributed by atoms with van der Waals surface area (Å²) in [7, 11) is 0. The van der Waals surface area contributed by atoms with Gasteiger partial charge in [0, 0.05) is 12.1 Å². The van der Waals surface area contributed by atoms with Crippen LogP contribution < -0.4 is 0 Å². The number of non-ortho nitro benzene ring substituents is 1. The quantitative estimate of drug-likeness (QED) is 0.429. The van der Waals surface area contributed by atoms with E-state index in [1.807, 2.05) is 25.1 Å². The first kappa shape index (κ1) is 11.4. The Morgan fingerprint density at radius 2 is 2.00 bits per heavy atom. The summed E-state index contributed by atoms with van der Waals surface area (Å²) in [5.41, 5.74) is 1.28. The standard InChI is InChI=1S/C12H15NO2/c1-3-4-10(2)9-11-5-7-12(8-6-11)13(14)15/h3-8,10H,9H2,1-2H3/b4-3-. The molecular weight excluding hydrogens is 190 g/mol. The number of nitrogens with zero attached hydrogens (tertiary/aromatic N) is 1. The summed E-state index contributed by atoms with van der Waals surface area (Å²) in [6.45, 7) is 4.12. The highest BCUT2D eigenvalue weighted by molar-refractivity contribution is 5.33. The number of hydrogen-bond donors (Lipinski definition) is 0. The molecule has 0 amide bonds. The van der Waals surface area contributed by atoms with Crippen LogP contribution in [-0.2, 0) is 6.42 Å². The fourth-order valence-electron chi connectivity index (χ4n) is 1.52. The summed E-state index contributed by atoms with van der Waals surface area (Å²) in [6.07, 6.45) is 5.07. The third-order valence-electron chi connectivity index (χ3n) is 2.23. The highest BCUT2D eigenvalue weighted by Crippen LogP contribution is 2.15. The molecule has 0 saturated heterocycles. The van der Waals surface area contributed by atoms with Crippen molar-refractivity contribution in [1.82, 2.24) is 0 Å². The summed E-state index contributed by atoms with van der Waals surface area (Å²) >= 11 is 0. The first-order valence-electron chi connectivity index (χ1n) is 4.99. The first-order valence-corrected chi connectivity index (χ1v) is 4.99. The van der Waals surface area contributed by atoms with Crippen LogP contribution in [0.25, 0.3) is 0 Å². The van der Waals surface area contributed by atoms with Crippen LogP contribution in [0.4, 0.5) is 5.69 Å². The fourth-order valence-corrected chi connectivity index (χ4v) is 1.52. The maximum atomic E-state index is 10.4. The molecule has 1 unspecified atom stereocenters. The van der Waals surface area contributed by atoms with Crippen molar-refractivity contribution in [3.63, 3.8) is 0 Å². The van der Waals surface area contributed by atoms with Crippen molar-refractivity contribution in [2.75, 3.05) is 0 Å². The largest absolute Gasteiger partial charge is 0.269 e. The van der Waals surface area contributed by atoms with Gasteiger partial charge in [-0.25, -0.2) is 0 Å². The number of nitro groups is 1. The lowest BCUT2D eigenvalue weighted by molar-refractivity contribution is -0.384. The van der Waals surface area contributed by atoms with E-state index in [-0.39, 0.29) is 10.6 Å². The van der Waals surface area contributed by atoms with Gasteiger partial charge < -0.3 is 0 Å². The third kappa shape index (κ3) is 3.54. The first-order chi connectivity index (χ1) is 7.13. The number of allylic oxidation sites excluding steroid dienone is 2. The van der Waals surface area contributed by atoms with Crippen LogP contribution in [0.15, 0.2) is 36.4 Å². The van der Waals surface area contributed by atoms with Crippen LogP contribution in [0.2, 0.25) is 0 Å². The summed E-state index contributed by atoms with van der Waals surface area (Å²) in [5.74, 6) is 0.469. The predicted octanol–water partition coefficient (Wildman–Crippen LogP) is 3.35. The van der Waals surface area contributed by atoms with Crippen molar-refractivity contribution in [3.05, 3.63) is 52.1 Å². The van der Waals surface area contributed by atoms with E-state index in [9.17, 15) is 10.1 Å². The number of rotatable bonds is 4. The topological polar surface area (TPSA) is 43.1 Å². The summed E-state index contributed by atoms with van der Waals surface area (Å²) < 4.78 is 0. The molecule has 0 aliphatic carbocycles. The molecule has 15 heavy (non-hydrogen) atoms. The maximum Gasteiger partial charge on any atom is 0.269 e. The molecule has 0 radical (unpaired) electrons. The molecule has 1 rings (SSSR count). The molecule has 0 N–H and O–H groups in total. The number of benzene rings is 1. The molecule has 0 fully saturated rings. The van der Waals surface area contributed by atoms with E-state index >= 15 is 0 Å². The van der Waals surface area contributed by atoms with E-state index < -0.39 is 0 Å². The summed E-state index contributed by atoms with van der Waals surface area (Å²) in [4.78, 5) is 10.1. The molecule has 80 valence electrons. The molecule has 0 aromatic heterocycles. The van der Waals surface area contributed by atoms with Gasteiger partial charge >= 0.3 is 0 Å². The van der Waals surface area contributed by atoms with Gasteiger partial charge in [0.15, 0.2) is 0 Å². The van der Waals surface area contributed by atoms with Gasteiger partial charge in [0.25, 0.3) is 5.69 Å². The molecule has 1 aromatic carbocycles. The molecule has 1 aromatic rings. The summed E-state index contributed by atoms with van der Waals surface area (Å²) in [5, 5.41) is 10.4. The van der Waals surface area contributed by atoms with Crippen molar-refractivity contribution in [2.24, 2.45) is 5.92 Å². The van der Waals surface area contributed by atoms with Crippen molar-refractivity contribution >= 4 is 5.69 Å². The zero-order valence-electron chi connectivity index (χ0n) is 9.01. The van der Waals surface area contributed by atoms with E-state index in [4.69, 9.17) is 0 Å².